The van der Waals surface area contributed by atoms with Crippen molar-refractivity contribution in [1.29, 1.82) is 0 Å². The summed E-state index contributed by atoms with van der Waals surface area (Å²) in [6, 6.07) is 0. The van der Waals surface area contributed by atoms with E-state index < -0.39 is 16.3 Å². The lowest BCUT2D eigenvalue weighted by atomic mass is 10.4. The van der Waals surface area contributed by atoms with Gasteiger partial charge in [-0.15, -0.1) is 0 Å². The third kappa shape index (κ3) is 4.68. The molecule has 0 heterocycles. The van der Waals surface area contributed by atoms with E-state index in [9.17, 15) is 13.2 Å². The number of hydrogen-bond acceptors (Lipinski definition) is 4. The summed E-state index contributed by atoms with van der Waals surface area (Å²) in [5.74, 6) is -0.693. The second-order valence-electron chi connectivity index (χ2n) is 2.04. The van der Waals surface area contributed by atoms with Gasteiger partial charge in [-0.05, 0) is 6.42 Å². The van der Waals surface area contributed by atoms with Crippen LogP contribution in [-0.2, 0) is 19.8 Å². The van der Waals surface area contributed by atoms with Crippen molar-refractivity contribution >= 4 is 21.6 Å². The monoisotopic (exact) mass is 190 g/mol. The molecule has 0 radical (unpaired) electrons. The van der Waals surface area contributed by atoms with E-state index in [1.54, 1.807) is 0 Å². The maximum absolute atomic E-state index is 10.8. The van der Waals surface area contributed by atoms with Crippen molar-refractivity contribution in [2.75, 3.05) is 6.61 Å². The van der Waals surface area contributed by atoms with Crippen molar-refractivity contribution in [2.45, 2.75) is 13.3 Å². The lowest BCUT2D eigenvalue weighted by Gasteiger charge is -1.99. The lowest BCUT2D eigenvalue weighted by molar-refractivity contribution is -0.138. The molecule has 12 heavy (non-hydrogen) atoms. The van der Waals surface area contributed by atoms with Gasteiger partial charge in [-0.25, -0.2) is 4.79 Å². The molecule has 0 spiro atoms. The second-order valence-corrected chi connectivity index (χ2v) is 2.80. The highest BCUT2D eigenvalue weighted by atomic mass is 32.2. The Labute approximate surface area is 72.4 Å². The molecule has 0 fully saturated rings. The van der Waals surface area contributed by atoms with Gasteiger partial charge in [0.1, 0.15) is 0 Å². The van der Waals surface area contributed by atoms with Gasteiger partial charge in [0.25, 0.3) is 0 Å². The smallest absolute Gasteiger partial charge is 0.338 e. The van der Waals surface area contributed by atoms with Crippen LogP contribution < -0.4 is 0 Å². The number of carbonyl (C=O) groups is 1. The van der Waals surface area contributed by atoms with Gasteiger partial charge in [0, 0.05) is 0 Å². The van der Waals surface area contributed by atoms with Gasteiger partial charge in [0.05, 0.1) is 17.5 Å². The van der Waals surface area contributed by atoms with Gasteiger partial charge >= 0.3 is 5.97 Å². The summed E-state index contributed by atoms with van der Waals surface area (Å²) in [6.45, 7) is 5.34. The molecular weight excluding hydrogens is 180 g/mol. The lowest BCUT2D eigenvalue weighted by Crippen LogP contribution is -2.08. The molecule has 0 bridgehead atoms. The van der Waals surface area contributed by atoms with Crippen molar-refractivity contribution in [3.8, 4) is 0 Å². The van der Waals surface area contributed by atoms with Gasteiger partial charge in [0.2, 0.25) is 10.3 Å². The first-order valence-electron chi connectivity index (χ1n) is 3.37. The molecule has 0 aliphatic carbocycles. The molecule has 0 aliphatic heterocycles. The number of esters is 1. The number of hydrogen-bond donors (Lipinski definition) is 0. The molecule has 5 heteroatoms. The summed E-state index contributed by atoms with van der Waals surface area (Å²) >= 11 is 0. The predicted molar refractivity (Wildman–Crippen MR) is 45.4 cm³/mol. The Balaban J connectivity index is 4.13. The zero-order valence-corrected chi connectivity index (χ0v) is 7.56. The number of carbonyl (C=O) groups excluding carboxylic acids is 1. The second kappa shape index (κ2) is 5.54. The average molecular weight is 190 g/mol. The van der Waals surface area contributed by atoms with Crippen molar-refractivity contribution in [1.82, 2.24) is 0 Å². The van der Waals surface area contributed by atoms with E-state index in [-0.39, 0.29) is 12.2 Å². The van der Waals surface area contributed by atoms with Crippen LogP contribution in [0.5, 0.6) is 0 Å². The first-order valence-corrected chi connectivity index (χ1v) is 4.50. The quantitative estimate of drug-likeness (QED) is 0.360. The number of ether oxygens (including phenoxy) is 1. The van der Waals surface area contributed by atoms with Crippen molar-refractivity contribution in [3.05, 3.63) is 12.2 Å². The molecular formula is C7H10O4S. The van der Waals surface area contributed by atoms with Gasteiger partial charge < -0.3 is 4.74 Å². The van der Waals surface area contributed by atoms with Crippen LogP contribution in [0.4, 0.5) is 0 Å². The van der Waals surface area contributed by atoms with E-state index in [4.69, 9.17) is 0 Å². The molecule has 0 aromatic carbocycles. The molecule has 0 N–H and O–H groups in total. The molecule has 0 saturated heterocycles. The highest BCUT2D eigenvalue weighted by Gasteiger charge is 2.04. The SMILES string of the molecule is C=C(C=S(=O)=O)C(=O)OCCC. The fourth-order valence-electron chi connectivity index (χ4n) is 0.452. The largest absolute Gasteiger partial charge is 0.462 e. The molecule has 0 aliphatic rings. The Morgan fingerprint density at radius 1 is 1.58 bits per heavy atom. The van der Waals surface area contributed by atoms with Gasteiger partial charge in [-0.2, -0.15) is 8.42 Å². The fourth-order valence-corrected chi connectivity index (χ4v) is 0.780. The Bertz CT molecular complexity index is 291. The van der Waals surface area contributed by atoms with E-state index in [1.165, 1.54) is 0 Å². The minimum absolute atomic E-state index is 0.156. The zero-order valence-electron chi connectivity index (χ0n) is 6.74. The maximum atomic E-state index is 10.8. The Kier molecular flexibility index (Phi) is 5.03. The van der Waals surface area contributed by atoms with Crippen LogP contribution in [0.25, 0.3) is 0 Å². The molecule has 0 aromatic heterocycles. The van der Waals surface area contributed by atoms with Gasteiger partial charge in [-0.1, -0.05) is 13.5 Å². The Hall–Kier alpha value is -1.10. The molecule has 4 nitrogen and oxygen atoms in total. The van der Waals surface area contributed by atoms with Crippen molar-refractivity contribution < 1.29 is 17.9 Å². The predicted octanol–water partition coefficient (Wildman–Crippen LogP) is 0.177. The molecule has 0 saturated carbocycles. The topological polar surface area (TPSA) is 60.4 Å². The highest BCUT2D eigenvalue weighted by Crippen LogP contribution is 1.91. The first kappa shape index (κ1) is 10.9. The highest BCUT2D eigenvalue weighted by molar-refractivity contribution is 7.71. The minimum Gasteiger partial charge on any atom is -0.462 e. The zero-order chi connectivity index (χ0) is 9.56. The van der Waals surface area contributed by atoms with E-state index >= 15 is 0 Å². The average Bonchev–Trinajstić information content (AvgIpc) is 1.98. The molecule has 0 amide bonds. The van der Waals surface area contributed by atoms with Crippen LogP contribution in [0.1, 0.15) is 13.3 Å². The Morgan fingerprint density at radius 3 is 2.58 bits per heavy atom. The van der Waals surface area contributed by atoms with E-state index in [2.05, 4.69) is 11.3 Å². The van der Waals surface area contributed by atoms with E-state index in [1.807, 2.05) is 6.92 Å². The van der Waals surface area contributed by atoms with Crippen LogP contribution in [0, 0.1) is 0 Å². The summed E-state index contributed by atoms with van der Waals surface area (Å²) in [5.41, 5.74) is -0.156. The fraction of sp³-hybridized carbons (Fsp3) is 0.429. The van der Waals surface area contributed by atoms with Gasteiger partial charge in [-0.3, -0.25) is 0 Å². The van der Waals surface area contributed by atoms with Crippen LogP contribution in [-0.4, -0.2) is 26.4 Å². The summed E-state index contributed by atoms with van der Waals surface area (Å²) in [4.78, 5) is 10.8. The van der Waals surface area contributed by atoms with Gasteiger partial charge in [0.15, 0.2) is 0 Å². The van der Waals surface area contributed by atoms with E-state index in [0.29, 0.717) is 6.42 Å². The summed E-state index contributed by atoms with van der Waals surface area (Å²) < 4.78 is 24.7. The first-order chi connectivity index (χ1) is 5.57. The third-order valence-electron chi connectivity index (χ3n) is 0.938. The van der Waals surface area contributed by atoms with Crippen molar-refractivity contribution in [2.24, 2.45) is 0 Å². The molecule has 0 unspecified atom stereocenters. The summed E-state index contributed by atoms with van der Waals surface area (Å²) in [6.07, 6.45) is 0.694. The minimum atomic E-state index is -2.40. The standard InChI is InChI=1S/C7H10O4S/c1-3-4-11-7(8)6(2)5-12(9)10/h5H,2-4H2,1H3. The normalized spacial score (nSPS) is 8.75. The van der Waals surface area contributed by atoms with Crippen LogP contribution in [0.3, 0.4) is 0 Å². The Morgan fingerprint density at radius 2 is 2.17 bits per heavy atom. The molecule has 0 aromatic rings. The third-order valence-corrected chi connectivity index (χ3v) is 1.41. The molecule has 0 rings (SSSR count). The van der Waals surface area contributed by atoms with Crippen LogP contribution in [0.2, 0.25) is 0 Å². The van der Waals surface area contributed by atoms with Crippen molar-refractivity contribution in [3.63, 3.8) is 0 Å². The van der Waals surface area contributed by atoms with Crippen LogP contribution in [0.15, 0.2) is 12.2 Å². The van der Waals surface area contributed by atoms with E-state index in [0.717, 1.165) is 5.37 Å². The van der Waals surface area contributed by atoms with Crippen LogP contribution >= 0.6 is 0 Å². The summed E-state index contributed by atoms with van der Waals surface area (Å²) in [7, 11) is -2.40. The molecule has 0 atom stereocenters. The number of rotatable bonds is 4. The maximum Gasteiger partial charge on any atom is 0.338 e. The summed E-state index contributed by atoms with van der Waals surface area (Å²) in [5, 5.41) is 0.720. The molecule has 68 valence electrons.